The molecular weight excluding hydrogens is 285 g/mol. The van der Waals surface area contributed by atoms with Gasteiger partial charge in [-0.2, -0.15) is 0 Å². The van der Waals surface area contributed by atoms with Gasteiger partial charge in [0.15, 0.2) is 17.5 Å². The fourth-order valence-electron chi connectivity index (χ4n) is 1.81. The van der Waals surface area contributed by atoms with Crippen molar-refractivity contribution in [3.8, 4) is 0 Å². The summed E-state index contributed by atoms with van der Waals surface area (Å²) >= 11 is 4.93. The van der Waals surface area contributed by atoms with Crippen molar-refractivity contribution >= 4 is 28.6 Å². The Balaban J connectivity index is 2.47. The average molecular weight is 296 g/mol. The average Bonchev–Trinajstić information content (AvgIpc) is 2.38. The quantitative estimate of drug-likeness (QED) is 0.668. The Hall–Kier alpha value is -2.08. The van der Waals surface area contributed by atoms with Gasteiger partial charge in [-0.1, -0.05) is 24.4 Å². The molecule has 0 fully saturated rings. The summed E-state index contributed by atoms with van der Waals surface area (Å²) in [4.78, 5) is 0.152. The lowest BCUT2D eigenvalue weighted by Gasteiger charge is -2.14. The van der Waals surface area contributed by atoms with E-state index in [2.05, 4.69) is 5.32 Å². The van der Waals surface area contributed by atoms with Crippen molar-refractivity contribution in [2.75, 3.05) is 5.32 Å². The Kier molecular flexibility index (Phi) is 3.94. The van der Waals surface area contributed by atoms with Gasteiger partial charge in [0.05, 0.1) is 5.69 Å². The molecular formula is C14H11F3N2S. The van der Waals surface area contributed by atoms with Crippen LogP contribution in [0.3, 0.4) is 0 Å². The molecule has 2 nitrogen and oxygen atoms in total. The summed E-state index contributed by atoms with van der Waals surface area (Å²) in [6, 6.07) is 6.98. The van der Waals surface area contributed by atoms with Gasteiger partial charge in [0.1, 0.15) is 4.99 Å². The number of aryl methyl sites for hydroxylation is 1. The number of rotatable bonds is 3. The normalized spacial score (nSPS) is 10.4. The first-order valence-corrected chi connectivity index (χ1v) is 6.12. The zero-order valence-corrected chi connectivity index (χ0v) is 11.3. The van der Waals surface area contributed by atoms with Gasteiger partial charge in [-0.25, -0.2) is 13.2 Å². The van der Waals surface area contributed by atoms with Crippen molar-refractivity contribution in [1.29, 1.82) is 0 Å². The summed E-state index contributed by atoms with van der Waals surface area (Å²) in [6.45, 7) is 1.79. The molecule has 0 bridgehead atoms. The number of para-hydroxylation sites is 1. The van der Waals surface area contributed by atoms with Crippen LogP contribution in [0.2, 0.25) is 0 Å². The lowest BCUT2D eigenvalue weighted by molar-refractivity contribution is 0.448. The third kappa shape index (κ3) is 2.75. The van der Waals surface area contributed by atoms with Crippen LogP contribution in [0, 0.1) is 24.4 Å². The summed E-state index contributed by atoms with van der Waals surface area (Å²) in [5, 5.41) is 2.82. The van der Waals surface area contributed by atoms with E-state index < -0.39 is 17.5 Å². The molecule has 2 aromatic rings. The smallest absolute Gasteiger partial charge is 0.194 e. The van der Waals surface area contributed by atoms with Gasteiger partial charge in [-0.3, -0.25) is 0 Å². The van der Waals surface area contributed by atoms with Gasteiger partial charge in [0.2, 0.25) is 0 Å². The van der Waals surface area contributed by atoms with Crippen molar-refractivity contribution in [3.05, 3.63) is 58.9 Å². The lowest BCUT2D eigenvalue weighted by atomic mass is 10.1. The molecule has 6 heteroatoms. The maximum atomic E-state index is 13.2. The van der Waals surface area contributed by atoms with Gasteiger partial charge in [-0.05, 0) is 18.6 Å². The van der Waals surface area contributed by atoms with Gasteiger partial charge in [0, 0.05) is 23.4 Å². The van der Waals surface area contributed by atoms with Gasteiger partial charge in [0.25, 0.3) is 0 Å². The number of hydrogen-bond acceptors (Lipinski definition) is 2. The van der Waals surface area contributed by atoms with E-state index in [9.17, 15) is 13.2 Å². The topological polar surface area (TPSA) is 38.0 Å². The first kappa shape index (κ1) is 14.3. The molecule has 0 spiro atoms. The van der Waals surface area contributed by atoms with Crippen LogP contribution in [-0.2, 0) is 0 Å². The monoisotopic (exact) mass is 296 g/mol. The van der Waals surface area contributed by atoms with Gasteiger partial charge < -0.3 is 11.1 Å². The molecule has 0 aromatic heterocycles. The fraction of sp³-hybridized carbons (Fsp3) is 0.0714. The fourth-order valence-corrected chi connectivity index (χ4v) is 1.98. The Labute approximate surface area is 119 Å². The maximum absolute atomic E-state index is 13.2. The molecule has 0 amide bonds. The highest BCUT2D eigenvalue weighted by atomic mass is 32.1. The van der Waals surface area contributed by atoms with E-state index in [1.807, 2.05) is 0 Å². The van der Waals surface area contributed by atoms with Crippen LogP contribution in [0.4, 0.5) is 24.5 Å². The first-order chi connectivity index (χ1) is 9.40. The molecule has 3 N–H and O–H groups in total. The van der Waals surface area contributed by atoms with Crippen LogP contribution in [0.1, 0.15) is 11.1 Å². The van der Waals surface area contributed by atoms with Gasteiger partial charge in [-0.15, -0.1) is 0 Å². The highest BCUT2D eigenvalue weighted by molar-refractivity contribution is 7.80. The molecule has 104 valence electrons. The number of thiocarbonyl (C=S) groups is 1. The predicted octanol–water partition coefficient (Wildman–Crippen LogP) is 3.79. The summed E-state index contributed by atoms with van der Waals surface area (Å²) < 4.78 is 39.3. The zero-order chi connectivity index (χ0) is 14.9. The summed E-state index contributed by atoms with van der Waals surface area (Å²) in [7, 11) is 0. The Morgan fingerprint density at radius 1 is 1.15 bits per heavy atom. The number of benzene rings is 2. The second-order valence-corrected chi connectivity index (χ2v) is 4.68. The Morgan fingerprint density at radius 2 is 1.75 bits per heavy atom. The molecule has 2 rings (SSSR count). The van der Waals surface area contributed by atoms with E-state index in [0.29, 0.717) is 11.3 Å². The summed E-state index contributed by atoms with van der Waals surface area (Å²) in [5.74, 6) is -4.04. The summed E-state index contributed by atoms with van der Waals surface area (Å²) in [5.41, 5.74) is 7.55. The minimum absolute atomic E-state index is 0.0770. The van der Waals surface area contributed by atoms with E-state index in [4.69, 9.17) is 18.0 Å². The number of nitrogens with one attached hydrogen (secondary N) is 1. The van der Waals surface area contributed by atoms with E-state index in [0.717, 1.165) is 17.7 Å². The van der Waals surface area contributed by atoms with Crippen molar-refractivity contribution < 1.29 is 13.2 Å². The molecule has 0 unspecified atom stereocenters. The van der Waals surface area contributed by atoms with Crippen LogP contribution >= 0.6 is 12.2 Å². The van der Waals surface area contributed by atoms with Crippen molar-refractivity contribution in [2.24, 2.45) is 5.73 Å². The number of anilines is 2. The molecule has 0 radical (unpaired) electrons. The first-order valence-electron chi connectivity index (χ1n) is 5.71. The van der Waals surface area contributed by atoms with Crippen molar-refractivity contribution in [2.45, 2.75) is 6.92 Å². The molecule has 0 heterocycles. The van der Waals surface area contributed by atoms with E-state index in [1.165, 1.54) is 0 Å². The molecule has 0 atom stereocenters. The standard InChI is InChI=1S/C14H11F3N2S/c1-7-3-2-4-9(14(18)20)13(7)19-8-5-10(15)12(17)11(16)6-8/h2-6,19H,1H3,(H2,18,20). The van der Waals surface area contributed by atoms with Crippen molar-refractivity contribution in [3.63, 3.8) is 0 Å². The van der Waals surface area contributed by atoms with Crippen molar-refractivity contribution in [1.82, 2.24) is 0 Å². The Bertz CT molecular complexity index is 663. The zero-order valence-electron chi connectivity index (χ0n) is 10.5. The second-order valence-electron chi connectivity index (χ2n) is 4.24. The highest BCUT2D eigenvalue weighted by Gasteiger charge is 2.13. The van der Waals surface area contributed by atoms with E-state index in [-0.39, 0.29) is 10.7 Å². The van der Waals surface area contributed by atoms with Gasteiger partial charge >= 0.3 is 0 Å². The van der Waals surface area contributed by atoms with Crippen LogP contribution in [0.5, 0.6) is 0 Å². The molecule has 0 saturated carbocycles. The second kappa shape index (κ2) is 5.50. The van der Waals surface area contributed by atoms with E-state index >= 15 is 0 Å². The molecule has 0 saturated heterocycles. The molecule has 20 heavy (non-hydrogen) atoms. The Morgan fingerprint density at radius 3 is 2.30 bits per heavy atom. The van der Waals surface area contributed by atoms with Crippen LogP contribution in [-0.4, -0.2) is 4.99 Å². The molecule has 0 aliphatic rings. The third-order valence-electron chi connectivity index (χ3n) is 2.79. The number of nitrogens with two attached hydrogens (primary N) is 1. The van der Waals surface area contributed by atoms with Crippen LogP contribution < -0.4 is 11.1 Å². The minimum atomic E-state index is -1.50. The molecule has 0 aliphatic carbocycles. The number of hydrogen-bond donors (Lipinski definition) is 2. The summed E-state index contributed by atoms with van der Waals surface area (Å²) in [6.07, 6.45) is 0. The van der Waals surface area contributed by atoms with E-state index in [1.54, 1.807) is 25.1 Å². The predicted molar refractivity (Wildman–Crippen MR) is 76.7 cm³/mol. The minimum Gasteiger partial charge on any atom is -0.389 e. The molecule has 0 aliphatic heterocycles. The maximum Gasteiger partial charge on any atom is 0.194 e. The lowest BCUT2D eigenvalue weighted by Crippen LogP contribution is -2.12. The van der Waals surface area contributed by atoms with Crippen LogP contribution in [0.25, 0.3) is 0 Å². The number of halogens is 3. The van der Waals surface area contributed by atoms with Crippen LogP contribution in [0.15, 0.2) is 30.3 Å². The molecule has 2 aromatic carbocycles. The highest BCUT2D eigenvalue weighted by Crippen LogP contribution is 2.26. The largest absolute Gasteiger partial charge is 0.389 e. The third-order valence-corrected chi connectivity index (χ3v) is 3.01. The SMILES string of the molecule is Cc1cccc(C(N)=S)c1Nc1cc(F)c(F)c(F)c1.